The number of nitrogens with zero attached hydrogens (tertiary/aromatic N) is 3. The monoisotopic (exact) mass is 288 g/mol. The number of nitrogens with one attached hydrogen (secondary N) is 1. The number of hydrogen-bond acceptors (Lipinski definition) is 4. The summed E-state index contributed by atoms with van der Waals surface area (Å²) in [5.74, 6) is 1.62. The fourth-order valence-electron chi connectivity index (χ4n) is 2.82. The molecule has 2 aromatic heterocycles. The van der Waals surface area contributed by atoms with E-state index in [0.717, 1.165) is 31.6 Å². The molecule has 1 fully saturated rings. The maximum atomic E-state index is 12.6. The summed E-state index contributed by atoms with van der Waals surface area (Å²) in [6.07, 6.45) is 3.24. The Morgan fingerprint density at radius 3 is 3.15 bits per heavy atom. The molecule has 1 aliphatic carbocycles. The van der Waals surface area contributed by atoms with E-state index < -0.39 is 0 Å². The molecule has 3 heterocycles. The number of hydrogen-bond donors (Lipinski definition) is 1. The lowest BCUT2D eigenvalue weighted by atomic mass is 10.0. The van der Waals surface area contributed by atoms with Gasteiger partial charge in [-0.1, -0.05) is 0 Å². The van der Waals surface area contributed by atoms with Gasteiger partial charge in [-0.15, -0.1) is 16.4 Å². The molecule has 0 saturated heterocycles. The van der Waals surface area contributed by atoms with Crippen LogP contribution in [0.25, 0.3) is 0 Å². The molecular weight excluding hydrogens is 272 g/mol. The molecule has 0 bridgehead atoms. The Hall–Kier alpha value is -1.69. The number of carbonyl (C=O) groups is 1. The van der Waals surface area contributed by atoms with Crippen molar-refractivity contribution in [2.45, 2.75) is 38.1 Å². The predicted molar refractivity (Wildman–Crippen MR) is 75.8 cm³/mol. The van der Waals surface area contributed by atoms with Crippen LogP contribution in [0.15, 0.2) is 11.4 Å². The molecule has 0 aromatic carbocycles. The van der Waals surface area contributed by atoms with Gasteiger partial charge in [0.05, 0.1) is 6.04 Å². The molecule has 1 amide bonds. The molecule has 104 valence electrons. The van der Waals surface area contributed by atoms with Crippen molar-refractivity contribution < 1.29 is 4.79 Å². The third-order valence-corrected chi connectivity index (χ3v) is 5.19. The molecule has 0 radical (unpaired) electrons. The first kappa shape index (κ1) is 12.1. The van der Waals surface area contributed by atoms with Crippen LogP contribution in [0.2, 0.25) is 0 Å². The lowest BCUT2D eigenvalue weighted by Gasteiger charge is -2.32. The van der Waals surface area contributed by atoms with Crippen LogP contribution < -0.4 is 0 Å². The van der Waals surface area contributed by atoms with E-state index in [-0.39, 0.29) is 11.9 Å². The van der Waals surface area contributed by atoms with Gasteiger partial charge in [0, 0.05) is 17.3 Å². The molecule has 5 nitrogen and oxygen atoms in total. The van der Waals surface area contributed by atoms with Gasteiger partial charge >= 0.3 is 0 Å². The first-order chi connectivity index (χ1) is 9.74. The van der Waals surface area contributed by atoms with Gasteiger partial charge in [0.25, 0.3) is 5.91 Å². The summed E-state index contributed by atoms with van der Waals surface area (Å²) in [5, 5.41) is 9.12. The highest BCUT2D eigenvalue weighted by Crippen LogP contribution is 2.38. The van der Waals surface area contributed by atoms with Crippen molar-refractivity contribution in [3.63, 3.8) is 0 Å². The molecule has 2 aromatic rings. The maximum Gasteiger partial charge on any atom is 0.294 e. The Bertz CT molecular complexity index is 658. The van der Waals surface area contributed by atoms with Gasteiger partial charge in [-0.3, -0.25) is 9.89 Å². The summed E-state index contributed by atoms with van der Waals surface area (Å²) >= 11 is 1.78. The number of fused-ring (bicyclic) bond motifs is 1. The second-order valence-electron chi connectivity index (χ2n) is 5.54. The van der Waals surface area contributed by atoms with Gasteiger partial charge in [-0.05, 0) is 43.2 Å². The fraction of sp³-hybridized carbons (Fsp3) is 0.500. The van der Waals surface area contributed by atoms with E-state index in [2.05, 4.69) is 33.6 Å². The highest BCUT2D eigenvalue weighted by atomic mass is 32.1. The van der Waals surface area contributed by atoms with Crippen LogP contribution in [0, 0.1) is 0 Å². The standard InChI is InChI=1S/C14H16N4OS/c1-8-10-5-7-20-11(10)4-6-18(8)14(19)13-15-12(16-17-13)9-2-3-9/h5,7-9H,2-4,6H2,1H3,(H,15,16,17). The van der Waals surface area contributed by atoms with Crippen molar-refractivity contribution in [2.75, 3.05) is 6.54 Å². The van der Waals surface area contributed by atoms with E-state index in [9.17, 15) is 4.79 Å². The van der Waals surface area contributed by atoms with Crippen LogP contribution in [-0.2, 0) is 6.42 Å². The number of rotatable bonds is 2. The average molecular weight is 288 g/mol. The number of H-pyrrole nitrogens is 1. The van der Waals surface area contributed by atoms with Crippen molar-refractivity contribution in [1.82, 2.24) is 20.1 Å². The summed E-state index contributed by atoms with van der Waals surface area (Å²) in [6.45, 7) is 2.83. The molecular formula is C14H16N4OS. The molecule has 1 N–H and O–H groups in total. The number of aromatic amines is 1. The topological polar surface area (TPSA) is 61.9 Å². The normalized spacial score (nSPS) is 21.9. The summed E-state index contributed by atoms with van der Waals surface area (Å²) < 4.78 is 0. The number of aromatic nitrogens is 3. The van der Waals surface area contributed by atoms with Crippen LogP contribution in [0.4, 0.5) is 0 Å². The zero-order valence-electron chi connectivity index (χ0n) is 11.3. The molecule has 6 heteroatoms. The third-order valence-electron chi connectivity index (χ3n) is 4.20. The third kappa shape index (κ3) is 1.86. The number of amides is 1. The molecule has 0 spiro atoms. The highest BCUT2D eigenvalue weighted by Gasteiger charge is 2.33. The van der Waals surface area contributed by atoms with Crippen molar-refractivity contribution in [3.05, 3.63) is 33.5 Å². The van der Waals surface area contributed by atoms with Gasteiger partial charge in [0.2, 0.25) is 5.82 Å². The van der Waals surface area contributed by atoms with E-state index in [1.165, 1.54) is 10.4 Å². The minimum absolute atomic E-state index is 0.0579. The lowest BCUT2D eigenvalue weighted by Crippen LogP contribution is -2.38. The van der Waals surface area contributed by atoms with Crippen molar-refractivity contribution in [1.29, 1.82) is 0 Å². The Labute approximate surface area is 121 Å². The molecule has 1 unspecified atom stereocenters. The van der Waals surface area contributed by atoms with Crippen LogP contribution in [-0.4, -0.2) is 32.5 Å². The second-order valence-corrected chi connectivity index (χ2v) is 6.54. The SMILES string of the molecule is CC1c2ccsc2CCN1C(=O)c1n[nH]c(C2CC2)n1. The van der Waals surface area contributed by atoms with Crippen LogP contribution >= 0.6 is 11.3 Å². The van der Waals surface area contributed by atoms with E-state index in [0.29, 0.717) is 11.7 Å². The van der Waals surface area contributed by atoms with Gasteiger partial charge in [-0.25, -0.2) is 4.98 Å². The van der Waals surface area contributed by atoms with Crippen molar-refractivity contribution in [2.24, 2.45) is 0 Å². The Kier molecular flexibility index (Phi) is 2.66. The number of carbonyl (C=O) groups excluding carboxylic acids is 1. The second kappa shape index (κ2) is 4.41. The smallest absolute Gasteiger partial charge is 0.294 e. The van der Waals surface area contributed by atoms with E-state index in [4.69, 9.17) is 0 Å². The first-order valence-electron chi connectivity index (χ1n) is 7.03. The summed E-state index contributed by atoms with van der Waals surface area (Å²) in [4.78, 5) is 20.2. The van der Waals surface area contributed by atoms with Crippen LogP contribution in [0.1, 0.15) is 58.6 Å². The van der Waals surface area contributed by atoms with Crippen molar-refractivity contribution >= 4 is 17.2 Å². The van der Waals surface area contributed by atoms with Gasteiger partial charge in [0.15, 0.2) is 0 Å². The van der Waals surface area contributed by atoms with E-state index in [1.807, 2.05) is 4.90 Å². The molecule has 4 rings (SSSR count). The minimum atomic E-state index is -0.0579. The maximum absolute atomic E-state index is 12.6. The largest absolute Gasteiger partial charge is 0.329 e. The molecule has 1 saturated carbocycles. The summed E-state index contributed by atoms with van der Waals surface area (Å²) in [5.41, 5.74) is 1.27. The zero-order valence-corrected chi connectivity index (χ0v) is 12.1. The van der Waals surface area contributed by atoms with Gasteiger partial charge in [0.1, 0.15) is 5.82 Å². The van der Waals surface area contributed by atoms with Gasteiger partial charge in [-0.2, -0.15) is 0 Å². The average Bonchev–Trinajstić information content (AvgIpc) is 3.01. The van der Waals surface area contributed by atoms with E-state index >= 15 is 0 Å². The predicted octanol–water partition coefficient (Wildman–Crippen LogP) is 2.50. The first-order valence-corrected chi connectivity index (χ1v) is 7.91. The molecule has 1 atom stereocenters. The van der Waals surface area contributed by atoms with Gasteiger partial charge < -0.3 is 4.90 Å². The zero-order chi connectivity index (χ0) is 13.7. The molecule has 20 heavy (non-hydrogen) atoms. The summed E-state index contributed by atoms with van der Waals surface area (Å²) in [7, 11) is 0. The Balaban J connectivity index is 1.59. The lowest BCUT2D eigenvalue weighted by molar-refractivity contribution is 0.0667. The Morgan fingerprint density at radius 2 is 2.35 bits per heavy atom. The number of thiophene rings is 1. The Morgan fingerprint density at radius 1 is 1.50 bits per heavy atom. The fourth-order valence-corrected chi connectivity index (χ4v) is 3.79. The van der Waals surface area contributed by atoms with E-state index in [1.54, 1.807) is 11.3 Å². The minimum Gasteiger partial charge on any atom is -0.329 e. The summed E-state index contributed by atoms with van der Waals surface area (Å²) in [6, 6.07) is 2.23. The highest BCUT2D eigenvalue weighted by molar-refractivity contribution is 7.10. The quantitative estimate of drug-likeness (QED) is 0.923. The molecule has 2 aliphatic rings. The molecule has 1 aliphatic heterocycles. The van der Waals surface area contributed by atoms with Crippen LogP contribution in [0.5, 0.6) is 0 Å². The van der Waals surface area contributed by atoms with Crippen molar-refractivity contribution in [3.8, 4) is 0 Å². The van der Waals surface area contributed by atoms with Crippen LogP contribution in [0.3, 0.4) is 0 Å².